The number of anilines is 1. The van der Waals surface area contributed by atoms with Crippen molar-refractivity contribution in [1.82, 2.24) is 10.3 Å². The van der Waals surface area contributed by atoms with Gasteiger partial charge in [0.1, 0.15) is 0 Å². The molecule has 0 bridgehead atoms. The molecule has 1 fully saturated rings. The van der Waals surface area contributed by atoms with Crippen LogP contribution >= 0.6 is 0 Å². The number of rotatable bonds is 7. The van der Waals surface area contributed by atoms with Gasteiger partial charge >= 0.3 is 0 Å². The van der Waals surface area contributed by atoms with Crippen LogP contribution in [0.15, 0.2) is 18.3 Å². The molecule has 1 unspecified atom stereocenters. The van der Waals surface area contributed by atoms with Crippen molar-refractivity contribution >= 4 is 5.82 Å². The summed E-state index contributed by atoms with van der Waals surface area (Å²) in [6.07, 6.45) is 5.68. The second-order valence-corrected chi connectivity index (χ2v) is 5.73. The van der Waals surface area contributed by atoms with E-state index in [0.29, 0.717) is 6.04 Å². The van der Waals surface area contributed by atoms with Crippen LogP contribution in [0.25, 0.3) is 0 Å². The average molecular weight is 277 g/mol. The van der Waals surface area contributed by atoms with E-state index in [2.05, 4.69) is 36.0 Å². The smallest absolute Gasteiger partial charge is 0.171 e. The van der Waals surface area contributed by atoms with Crippen molar-refractivity contribution in [2.24, 2.45) is 0 Å². The van der Waals surface area contributed by atoms with Gasteiger partial charge in [0.15, 0.2) is 11.6 Å². The van der Waals surface area contributed by atoms with Gasteiger partial charge in [-0.3, -0.25) is 0 Å². The maximum atomic E-state index is 5.91. The molecule has 20 heavy (non-hydrogen) atoms. The zero-order chi connectivity index (χ0) is 14.4. The van der Waals surface area contributed by atoms with Gasteiger partial charge in [0.05, 0.1) is 6.10 Å². The van der Waals surface area contributed by atoms with Crippen molar-refractivity contribution < 1.29 is 4.74 Å². The first-order valence-electron chi connectivity index (χ1n) is 7.80. The van der Waals surface area contributed by atoms with E-state index in [1.165, 1.54) is 12.8 Å². The molecule has 1 aromatic rings. The number of hydrogen-bond acceptors (Lipinski definition) is 4. The molecule has 1 aliphatic rings. The molecule has 2 heterocycles. The summed E-state index contributed by atoms with van der Waals surface area (Å²) in [5.74, 6) is 1.88. The topological polar surface area (TPSA) is 37.4 Å². The summed E-state index contributed by atoms with van der Waals surface area (Å²) >= 11 is 0. The largest absolute Gasteiger partial charge is 0.487 e. The van der Waals surface area contributed by atoms with Crippen LogP contribution in [0.1, 0.15) is 40.0 Å². The van der Waals surface area contributed by atoms with Gasteiger partial charge in [-0.1, -0.05) is 6.92 Å². The number of nitrogens with zero attached hydrogens (tertiary/aromatic N) is 2. The first-order valence-corrected chi connectivity index (χ1v) is 7.80. The molecule has 4 nitrogen and oxygen atoms in total. The van der Waals surface area contributed by atoms with Gasteiger partial charge in [0, 0.05) is 25.3 Å². The third-order valence-electron chi connectivity index (χ3n) is 3.51. The van der Waals surface area contributed by atoms with E-state index in [4.69, 9.17) is 4.74 Å². The average Bonchev–Trinajstić information content (AvgIpc) is 2.91. The Morgan fingerprint density at radius 1 is 1.50 bits per heavy atom. The molecule has 112 valence electrons. The summed E-state index contributed by atoms with van der Waals surface area (Å²) < 4.78 is 5.91. The van der Waals surface area contributed by atoms with Gasteiger partial charge in [-0.2, -0.15) is 0 Å². The summed E-state index contributed by atoms with van der Waals surface area (Å²) in [7, 11) is 0. The molecule has 0 spiro atoms. The molecule has 1 saturated heterocycles. The van der Waals surface area contributed by atoms with Crippen LogP contribution < -0.4 is 15.0 Å². The van der Waals surface area contributed by atoms with Crippen molar-refractivity contribution in [1.29, 1.82) is 0 Å². The van der Waals surface area contributed by atoms with Crippen LogP contribution in [0.2, 0.25) is 0 Å². The fourth-order valence-corrected chi connectivity index (χ4v) is 2.70. The summed E-state index contributed by atoms with van der Waals surface area (Å²) in [5.41, 5.74) is 0. The maximum Gasteiger partial charge on any atom is 0.171 e. The first-order chi connectivity index (χ1) is 9.70. The Morgan fingerprint density at radius 3 is 3.00 bits per heavy atom. The van der Waals surface area contributed by atoms with Gasteiger partial charge in [-0.05, 0) is 51.8 Å². The molecule has 4 heteroatoms. The highest BCUT2D eigenvalue weighted by molar-refractivity contribution is 5.52. The number of nitrogens with one attached hydrogen (secondary N) is 1. The third kappa shape index (κ3) is 4.10. The van der Waals surface area contributed by atoms with Crippen LogP contribution in [-0.4, -0.2) is 36.8 Å². The van der Waals surface area contributed by atoms with E-state index in [9.17, 15) is 0 Å². The van der Waals surface area contributed by atoms with Gasteiger partial charge in [0.2, 0.25) is 0 Å². The Labute approximate surface area is 122 Å². The first kappa shape index (κ1) is 15.1. The fourth-order valence-electron chi connectivity index (χ4n) is 2.70. The minimum atomic E-state index is 0.172. The van der Waals surface area contributed by atoms with E-state index >= 15 is 0 Å². The molecule has 0 saturated carbocycles. The van der Waals surface area contributed by atoms with Crippen molar-refractivity contribution in [2.45, 2.75) is 52.2 Å². The predicted molar refractivity (Wildman–Crippen MR) is 83.5 cm³/mol. The monoisotopic (exact) mass is 277 g/mol. The molecule has 2 rings (SSSR count). The summed E-state index contributed by atoms with van der Waals surface area (Å²) in [4.78, 5) is 6.93. The van der Waals surface area contributed by atoms with Gasteiger partial charge < -0.3 is 15.0 Å². The quantitative estimate of drug-likeness (QED) is 0.831. The number of hydrogen-bond donors (Lipinski definition) is 1. The minimum absolute atomic E-state index is 0.172. The molecule has 1 atom stereocenters. The molecule has 1 aliphatic heterocycles. The van der Waals surface area contributed by atoms with E-state index in [0.717, 1.165) is 37.6 Å². The third-order valence-corrected chi connectivity index (χ3v) is 3.51. The SMILES string of the molecule is CCCN(CC1CCCN1)c1ncccc1OC(C)C. The maximum absolute atomic E-state index is 5.91. The Morgan fingerprint density at radius 2 is 2.35 bits per heavy atom. The lowest BCUT2D eigenvalue weighted by Gasteiger charge is -2.28. The summed E-state index contributed by atoms with van der Waals surface area (Å²) in [6, 6.07) is 4.54. The Kier molecular flexibility index (Phi) is 5.65. The lowest BCUT2D eigenvalue weighted by Crippen LogP contribution is -2.38. The van der Waals surface area contributed by atoms with E-state index in [1.54, 1.807) is 0 Å². The van der Waals surface area contributed by atoms with Crippen LogP contribution in [0, 0.1) is 0 Å². The molecule has 0 radical (unpaired) electrons. The van der Waals surface area contributed by atoms with Gasteiger partial charge in [-0.15, -0.1) is 0 Å². The molecule has 0 amide bonds. The normalized spacial score (nSPS) is 18.5. The van der Waals surface area contributed by atoms with E-state index < -0.39 is 0 Å². The zero-order valence-electron chi connectivity index (χ0n) is 12.9. The molecular weight excluding hydrogens is 250 g/mol. The van der Waals surface area contributed by atoms with Crippen LogP contribution in [0.3, 0.4) is 0 Å². The Hall–Kier alpha value is -1.29. The molecule has 1 N–H and O–H groups in total. The van der Waals surface area contributed by atoms with Crippen molar-refractivity contribution in [3.05, 3.63) is 18.3 Å². The van der Waals surface area contributed by atoms with Crippen LogP contribution in [0.5, 0.6) is 5.75 Å². The fraction of sp³-hybridized carbons (Fsp3) is 0.688. The molecule has 1 aromatic heterocycles. The Balaban J connectivity index is 2.14. The highest BCUT2D eigenvalue weighted by Gasteiger charge is 2.20. The van der Waals surface area contributed by atoms with Gasteiger partial charge in [0.25, 0.3) is 0 Å². The van der Waals surface area contributed by atoms with Crippen molar-refractivity contribution in [3.8, 4) is 5.75 Å². The molecule has 0 aliphatic carbocycles. The summed E-state index contributed by atoms with van der Waals surface area (Å²) in [6.45, 7) is 9.49. The standard InChI is InChI=1S/C16H27N3O/c1-4-11-19(12-14-7-5-9-17-14)16-15(20-13(2)3)8-6-10-18-16/h6,8,10,13-14,17H,4-5,7,9,11-12H2,1-3H3. The van der Waals surface area contributed by atoms with E-state index in [-0.39, 0.29) is 6.10 Å². The number of pyridine rings is 1. The van der Waals surface area contributed by atoms with Gasteiger partial charge in [-0.25, -0.2) is 4.98 Å². The lowest BCUT2D eigenvalue weighted by atomic mass is 10.2. The van der Waals surface area contributed by atoms with E-state index in [1.807, 2.05) is 18.3 Å². The van der Waals surface area contributed by atoms with Crippen LogP contribution in [0.4, 0.5) is 5.82 Å². The lowest BCUT2D eigenvalue weighted by molar-refractivity contribution is 0.242. The summed E-state index contributed by atoms with van der Waals surface area (Å²) in [5, 5.41) is 3.57. The van der Waals surface area contributed by atoms with Crippen molar-refractivity contribution in [2.75, 3.05) is 24.5 Å². The zero-order valence-corrected chi connectivity index (χ0v) is 12.9. The second kappa shape index (κ2) is 7.48. The van der Waals surface area contributed by atoms with Crippen LogP contribution in [-0.2, 0) is 0 Å². The number of ether oxygens (including phenoxy) is 1. The van der Waals surface area contributed by atoms with Crippen molar-refractivity contribution in [3.63, 3.8) is 0 Å². The minimum Gasteiger partial charge on any atom is -0.487 e. The molecular formula is C16H27N3O. The number of aromatic nitrogens is 1. The predicted octanol–water partition coefficient (Wildman–Crippen LogP) is 2.84. The highest BCUT2D eigenvalue weighted by Crippen LogP contribution is 2.27. The Bertz CT molecular complexity index is 402. The molecule has 0 aromatic carbocycles. The highest BCUT2D eigenvalue weighted by atomic mass is 16.5. The second-order valence-electron chi connectivity index (χ2n) is 5.73.